The molecule has 1 aromatic heterocycles. The van der Waals surface area contributed by atoms with E-state index in [4.69, 9.17) is 0 Å². The highest BCUT2D eigenvalue weighted by Crippen LogP contribution is 2.42. The summed E-state index contributed by atoms with van der Waals surface area (Å²) < 4.78 is 74.9. The van der Waals surface area contributed by atoms with Crippen LogP contribution in [0.3, 0.4) is 0 Å². The molecule has 33 heavy (non-hydrogen) atoms. The van der Waals surface area contributed by atoms with Crippen LogP contribution in [-0.4, -0.2) is 30.7 Å². The van der Waals surface area contributed by atoms with E-state index >= 15 is 0 Å². The second-order valence-corrected chi connectivity index (χ2v) is 10.6. The lowest BCUT2D eigenvalue weighted by Crippen LogP contribution is -2.41. The summed E-state index contributed by atoms with van der Waals surface area (Å²) in [5.41, 5.74) is -0.314. The van der Waals surface area contributed by atoms with Crippen LogP contribution in [0.5, 0.6) is 0 Å². The van der Waals surface area contributed by atoms with Crippen LogP contribution in [0.2, 0.25) is 0 Å². The van der Waals surface area contributed by atoms with Gasteiger partial charge in [0, 0.05) is 27.6 Å². The molecular formula is C20H18BrF3N4O3S2. The van der Waals surface area contributed by atoms with Gasteiger partial charge >= 0.3 is 0 Å². The number of hydrogen-bond donors (Lipinski definition) is 4. The van der Waals surface area contributed by atoms with Crippen molar-refractivity contribution in [2.24, 2.45) is 0 Å². The second-order valence-electron chi connectivity index (χ2n) is 7.55. The van der Waals surface area contributed by atoms with E-state index in [-0.39, 0.29) is 35.7 Å². The zero-order valence-electron chi connectivity index (χ0n) is 16.8. The van der Waals surface area contributed by atoms with E-state index in [1.54, 1.807) is 0 Å². The van der Waals surface area contributed by atoms with E-state index in [1.165, 1.54) is 34.4 Å². The van der Waals surface area contributed by atoms with Crippen LogP contribution in [0.1, 0.15) is 19.3 Å². The lowest BCUT2D eigenvalue weighted by Gasteiger charge is -2.21. The molecule has 3 aromatic rings. The second kappa shape index (κ2) is 9.22. The summed E-state index contributed by atoms with van der Waals surface area (Å²) in [4.78, 5) is 4.07. The highest BCUT2D eigenvalue weighted by Gasteiger charge is 2.45. The van der Waals surface area contributed by atoms with Gasteiger partial charge in [0.1, 0.15) is 11.5 Å². The number of halogens is 4. The van der Waals surface area contributed by atoms with E-state index in [9.17, 15) is 26.7 Å². The molecule has 1 heterocycles. The van der Waals surface area contributed by atoms with Crippen LogP contribution < -0.4 is 14.8 Å². The fourth-order valence-corrected chi connectivity index (χ4v) is 5.63. The standard InChI is InChI=1S/C20H18BrF3N4O3S2/c21-11-1-2-15(13(22)7-11)26-19-17(24)14(23)8-12(16-9-32-10-25-16)18(19)27-33(30,31)28-20(3-4-20)5-6-29/h1-2,7-10,26-29H,3-6H2. The Morgan fingerprint density at radius 1 is 1.15 bits per heavy atom. The predicted molar refractivity (Wildman–Crippen MR) is 124 cm³/mol. The van der Waals surface area contributed by atoms with Gasteiger partial charge in [-0.1, -0.05) is 15.9 Å². The molecule has 4 rings (SSSR count). The molecule has 176 valence electrons. The molecule has 0 bridgehead atoms. The first-order valence-electron chi connectivity index (χ1n) is 9.68. The fourth-order valence-electron chi connectivity index (χ4n) is 3.34. The van der Waals surface area contributed by atoms with Crippen LogP contribution >= 0.6 is 27.3 Å². The van der Waals surface area contributed by atoms with E-state index in [1.807, 2.05) is 0 Å². The number of aliphatic hydroxyl groups excluding tert-OH is 1. The average molecular weight is 563 g/mol. The lowest BCUT2D eigenvalue weighted by atomic mass is 10.1. The molecule has 1 fully saturated rings. The van der Waals surface area contributed by atoms with Crippen LogP contribution in [-0.2, 0) is 10.2 Å². The third kappa shape index (κ3) is 5.32. The molecule has 7 nitrogen and oxygen atoms in total. The molecule has 4 N–H and O–H groups in total. The Balaban J connectivity index is 1.81. The Labute approximate surface area is 200 Å². The molecule has 2 aromatic carbocycles. The minimum atomic E-state index is -4.29. The van der Waals surface area contributed by atoms with Crippen molar-refractivity contribution >= 4 is 54.5 Å². The predicted octanol–water partition coefficient (Wildman–Crippen LogP) is 4.89. The molecule has 0 amide bonds. The maximum atomic E-state index is 15.0. The first-order valence-corrected chi connectivity index (χ1v) is 12.9. The van der Waals surface area contributed by atoms with Gasteiger partial charge in [-0.2, -0.15) is 13.1 Å². The third-order valence-corrected chi connectivity index (χ3v) is 7.40. The summed E-state index contributed by atoms with van der Waals surface area (Å²) in [6.07, 6.45) is 1.26. The van der Waals surface area contributed by atoms with Crippen molar-refractivity contribution in [3.8, 4) is 11.3 Å². The van der Waals surface area contributed by atoms with E-state index in [2.05, 4.69) is 35.7 Å². The minimum absolute atomic E-state index is 0.0347. The Kier molecular flexibility index (Phi) is 6.69. The van der Waals surface area contributed by atoms with Crippen LogP contribution in [0, 0.1) is 17.5 Å². The summed E-state index contributed by atoms with van der Waals surface area (Å²) in [6, 6.07) is 4.73. The van der Waals surface area contributed by atoms with Crippen molar-refractivity contribution in [3.63, 3.8) is 0 Å². The van der Waals surface area contributed by atoms with Crippen molar-refractivity contribution in [1.29, 1.82) is 0 Å². The van der Waals surface area contributed by atoms with Crippen LogP contribution in [0.15, 0.2) is 39.6 Å². The van der Waals surface area contributed by atoms with E-state index in [0.29, 0.717) is 17.3 Å². The maximum Gasteiger partial charge on any atom is 0.299 e. The largest absolute Gasteiger partial charge is 0.396 e. The smallest absolute Gasteiger partial charge is 0.299 e. The zero-order chi connectivity index (χ0) is 23.8. The fraction of sp³-hybridized carbons (Fsp3) is 0.250. The summed E-state index contributed by atoms with van der Waals surface area (Å²) in [5, 5.41) is 13.2. The summed E-state index contributed by atoms with van der Waals surface area (Å²) in [5.74, 6) is -3.44. The Bertz CT molecular complexity index is 1290. The molecule has 13 heteroatoms. The Hall–Kier alpha value is -2.19. The molecule has 1 aliphatic rings. The monoisotopic (exact) mass is 562 g/mol. The molecular weight excluding hydrogens is 545 g/mol. The normalized spacial score (nSPS) is 14.8. The highest BCUT2D eigenvalue weighted by atomic mass is 79.9. The van der Waals surface area contributed by atoms with Crippen molar-refractivity contribution in [2.45, 2.75) is 24.8 Å². The molecule has 0 unspecified atom stereocenters. The molecule has 1 saturated carbocycles. The summed E-state index contributed by atoms with van der Waals surface area (Å²) in [6.45, 7) is -0.215. The SMILES string of the molecule is O=S(=O)(Nc1c(-c2cscn2)cc(F)c(F)c1Nc1ccc(Br)cc1F)NC1(CCO)CC1. The first kappa shape index (κ1) is 24.0. The van der Waals surface area contributed by atoms with E-state index in [0.717, 1.165) is 12.1 Å². The number of nitrogens with one attached hydrogen (secondary N) is 3. The molecule has 1 aliphatic carbocycles. The van der Waals surface area contributed by atoms with Gasteiger partial charge in [-0.15, -0.1) is 11.3 Å². The Morgan fingerprint density at radius 2 is 1.91 bits per heavy atom. The summed E-state index contributed by atoms with van der Waals surface area (Å²) in [7, 11) is -4.29. The van der Waals surface area contributed by atoms with Gasteiger partial charge < -0.3 is 10.4 Å². The molecule has 0 atom stereocenters. The third-order valence-electron chi connectivity index (χ3n) is 5.15. The highest BCUT2D eigenvalue weighted by molar-refractivity contribution is 9.10. The number of aromatic nitrogens is 1. The van der Waals surface area contributed by atoms with Gasteiger partial charge in [-0.25, -0.2) is 18.2 Å². The number of anilines is 3. The van der Waals surface area contributed by atoms with Crippen molar-refractivity contribution in [2.75, 3.05) is 16.6 Å². The van der Waals surface area contributed by atoms with Crippen LogP contribution in [0.25, 0.3) is 11.3 Å². The van der Waals surface area contributed by atoms with Gasteiger partial charge in [0.05, 0.1) is 22.6 Å². The number of thiazole rings is 1. The zero-order valence-corrected chi connectivity index (χ0v) is 20.1. The maximum absolute atomic E-state index is 15.0. The van der Waals surface area contributed by atoms with Gasteiger partial charge in [0.2, 0.25) is 0 Å². The molecule has 0 spiro atoms. The quantitative estimate of drug-likeness (QED) is 0.297. The average Bonchev–Trinajstić information content (AvgIpc) is 3.25. The number of rotatable bonds is 9. The van der Waals surface area contributed by atoms with Gasteiger partial charge in [-0.3, -0.25) is 4.72 Å². The lowest BCUT2D eigenvalue weighted by molar-refractivity contribution is 0.267. The molecule has 0 radical (unpaired) electrons. The van der Waals surface area contributed by atoms with E-state index < -0.39 is 38.9 Å². The number of hydrogen-bond acceptors (Lipinski definition) is 6. The van der Waals surface area contributed by atoms with Gasteiger partial charge in [0.25, 0.3) is 10.2 Å². The number of benzene rings is 2. The van der Waals surface area contributed by atoms with Gasteiger partial charge in [0.15, 0.2) is 11.6 Å². The molecule has 0 saturated heterocycles. The van der Waals surface area contributed by atoms with Crippen molar-refractivity contribution in [1.82, 2.24) is 9.71 Å². The summed E-state index contributed by atoms with van der Waals surface area (Å²) >= 11 is 4.30. The number of nitrogens with zero attached hydrogens (tertiary/aromatic N) is 1. The van der Waals surface area contributed by atoms with Gasteiger partial charge in [-0.05, 0) is 43.5 Å². The van der Waals surface area contributed by atoms with Crippen molar-refractivity contribution in [3.05, 3.63) is 57.1 Å². The number of aliphatic hydroxyl groups is 1. The minimum Gasteiger partial charge on any atom is -0.396 e. The van der Waals surface area contributed by atoms with Crippen LogP contribution in [0.4, 0.5) is 30.2 Å². The Morgan fingerprint density at radius 3 is 2.52 bits per heavy atom. The first-order chi connectivity index (χ1) is 15.6. The molecule has 0 aliphatic heterocycles. The van der Waals surface area contributed by atoms with Crippen molar-refractivity contribution < 1.29 is 26.7 Å². The topological polar surface area (TPSA) is 103 Å².